The van der Waals surface area contributed by atoms with Crippen molar-refractivity contribution in [3.05, 3.63) is 0 Å². The van der Waals surface area contributed by atoms with E-state index in [4.69, 9.17) is 5.73 Å². The van der Waals surface area contributed by atoms with Crippen molar-refractivity contribution in [3.8, 4) is 0 Å². The van der Waals surface area contributed by atoms with E-state index in [9.17, 15) is 0 Å². The summed E-state index contributed by atoms with van der Waals surface area (Å²) in [5, 5.41) is 0. The Morgan fingerprint density at radius 1 is 1.33 bits per heavy atom. The van der Waals surface area contributed by atoms with Crippen LogP contribution in [0.25, 0.3) is 0 Å². The number of rotatable bonds is 2. The number of thioether (sulfide) groups is 1. The van der Waals surface area contributed by atoms with Gasteiger partial charge in [-0.25, -0.2) is 0 Å². The summed E-state index contributed by atoms with van der Waals surface area (Å²) in [6.07, 6.45) is 5.11. The van der Waals surface area contributed by atoms with Gasteiger partial charge in [-0.3, -0.25) is 4.99 Å². The molecule has 0 radical (unpaired) electrons. The molecule has 1 heterocycles. The van der Waals surface area contributed by atoms with Gasteiger partial charge in [0.25, 0.3) is 0 Å². The molecule has 12 heavy (non-hydrogen) atoms. The first-order chi connectivity index (χ1) is 5.86. The molecule has 0 amide bonds. The molecule has 0 aromatic heterocycles. The van der Waals surface area contributed by atoms with E-state index in [1.165, 1.54) is 37.2 Å². The van der Waals surface area contributed by atoms with Crippen LogP contribution >= 0.6 is 11.8 Å². The van der Waals surface area contributed by atoms with Gasteiger partial charge in [0.1, 0.15) is 0 Å². The second-order valence-electron chi connectivity index (χ2n) is 3.70. The van der Waals surface area contributed by atoms with Crippen LogP contribution in [0.15, 0.2) is 4.99 Å². The molecule has 2 aliphatic rings. The van der Waals surface area contributed by atoms with Crippen molar-refractivity contribution in [2.24, 2.45) is 16.6 Å². The lowest BCUT2D eigenvalue weighted by Crippen LogP contribution is -2.22. The van der Waals surface area contributed by atoms with E-state index in [0.717, 1.165) is 5.84 Å². The summed E-state index contributed by atoms with van der Waals surface area (Å²) in [5.41, 5.74) is 5.85. The second kappa shape index (κ2) is 3.69. The van der Waals surface area contributed by atoms with E-state index in [1.807, 2.05) is 11.8 Å². The third kappa shape index (κ3) is 2.16. The quantitative estimate of drug-likeness (QED) is 0.523. The zero-order chi connectivity index (χ0) is 8.39. The van der Waals surface area contributed by atoms with Gasteiger partial charge in [-0.05, 0) is 31.4 Å². The summed E-state index contributed by atoms with van der Waals surface area (Å²) in [4.78, 5) is 4.57. The minimum atomic E-state index is 0.532. The first-order valence-corrected chi connectivity index (χ1v) is 5.92. The van der Waals surface area contributed by atoms with Crippen LogP contribution in [0.1, 0.15) is 25.7 Å². The van der Waals surface area contributed by atoms with Crippen LogP contribution in [0.3, 0.4) is 0 Å². The van der Waals surface area contributed by atoms with Crippen molar-refractivity contribution >= 4 is 17.6 Å². The van der Waals surface area contributed by atoms with E-state index < -0.39 is 0 Å². The molecular weight excluding hydrogens is 168 g/mol. The molecule has 0 bridgehead atoms. The summed E-state index contributed by atoms with van der Waals surface area (Å²) < 4.78 is 0. The van der Waals surface area contributed by atoms with E-state index in [1.54, 1.807) is 0 Å². The molecule has 0 spiro atoms. The Hall–Kier alpha value is -0.180. The molecular formula is C9H16N2S. The van der Waals surface area contributed by atoms with Gasteiger partial charge in [0, 0.05) is 11.7 Å². The number of nitrogens with zero attached hydrogens (tertiary/aromatic N) is 1. The molecule has 2 rings (SSSR count). The van der Waals surface area contributed by atoms with Crippen molar-refractivity contribution in [1.82, 2.24) is 0 Å². The average Bonchev–Trinajstić information content (AvgIpc) is 2.88. The zero-order valence-electron chi connectivity index (χ0n) is 7.33. The maximum Gasteiger partial charge on any atom is 0.0972 e. The van der Waals surface area contributed by atoms with Crippen molar-refractivity contribution in [2.75, 3.05) is 11.5 Å². The lowest BCUT2D eigenvalue weighted by Gasteiger charge is -2.17. The number of aliphatic imine (C=N–C) groups is 1. The topological polar surface area (TPSA) is 38.4 Å². The molecule has 0 aromatic carbocycles. The minimum Gasteiger partial charge on any atom is -0.387 e. The van der Waals surface area contributed by atoms with E-state index >= 15 is 0 Å². The highest BCUT2D eigenvalue weighted by atomic mass is 32.2. The molecule has 1 saturated heterocycles. The third-order valence-electron chi connectivity index (χ3n) is 2.46. The van der Waals surface area contributed by atoms with Crippen LogP contribution in [-0.4, -0.2) is 23.4 Å². The fourth-order valence-corrected chi connectivity index (χ4v) is 2.57. The van der Waals surface area contributed by atoms with Gasteiger partial charge in [0.15, 0.2) is 0 Å². The predicted octanol–water partition coefficient (Wildman–Crippen LogP) is 1.65. The fraction of sp³-hybridized carbons (Fsp3) is 0.889. The van der Waals surface area contributed by atoms with Crippen molar-refractivity contribution in [2.45, 2.75) is 31.7 Å². The third-order valence-corrected chi connectivity index (χ3v) is 3.66. The monoisotopic (exact) mass is 184 g/mol. The van der Waals surface area contributed by atoms with E-state index in [0.29, 0.717) is 12.0 Å². The van der Waals surface area contributed by atoms with Gasteiger partial charge in [0.2, 0.25) is 0 Å². The second-order valence-corrected chi connectivity index (χ2v) is 4.85. The largest absolute Gasteiger partial charge is 0.387 e. The maximum atomic E-state index is 5.85. The van der Waals surface area contributed by atoms with Gasteiger partial charge in [-0.2, -0.15) is 11.8 Å². The molecule has 2 nitrogen and oxygen atoms in total. The molecule has 1 atom stereocenters. The lowest BCUT2D eigenvalue weighted by molar-refractivity contribution is 0.647. The van der Waals surface area contributed by atoms with Crippen LogP contribution in [0.5, 0.6) is 0 Å². The molecule has 2 N–H and O–H groups in total. The molecule has 0 aromatic rings. The minimum absolute atomic E-state index is 0.532. The maximum absolute atomic E-state index is 5.85. The van der Waals surface area contributed by atoms with Crippen molar-refractivity contribution in [1.29, 1.82) is 0 Å². The van der Waals surface area contributed by atoms with Crippen LogP contribution in [-0.2, 0) is 0 Å². The molecule has 1 aliphatic carbocycles. The van der Waals surface area contributed by atoms with Gasteiger partial charge in [-0.1, -0.05) is 0 Å². The number of amidine groups is 1. The van der Waals surface area contributed by atoms with Gasteiger partial charge >= 0.3 is 0 Å². The van der Waals surface area contributed by atoms with Gasteiger partial charge in [0.05, 0.1) is 11.9 Å². The number of hydrogen-bond acceptors (Lipinski definition) is 2. The summed E-state index contributed by atoms with van der Waals surface area (Å²) in [5.74, 6) is 4.09. The van der Waals surface area contributed by atoms with E-state index in [2.05, 4.69) is 4.99 Å². The smallest absolute Gasteiger partial charge is 0.0972 e. The standard InChI is InChI=1S/C9H16N2S/c10-9(7-3-4-7)11-8-2-1-5-12-6-8/h7-8H,1-6H2,(H2,10,11). The Morgan fingerprint density at radius 3 is 2.75 bits per heavy atom. The predicted molar refractivity (Wildman–Crippen MR) is 54.7 cm³/mol. The first kappa shape index (κ1) is 8.42. The molecule has 1 unspecified atom stereocenters. The highest BCUT2D eigenvalue weighted by Crippen LogP contribution is 2.30. The number of hydrogen-bond donors (Lipinski definition) is 1. The fourth-order valence-electron chi connectivity index (χ4n) is 1.52. The summed E-state index contributed by atoms with van der Waals surface area (Å²) in [7, 11) is 0. The van der Waals surface area contributed by atoms with Gasteiger partial charge in [-0.15, -0.1) is 0 Å². The highest BCUT2D eigenvalue weighted by molar-refractivity contribution is 7.99. The summed E-state index contributed by atoms with van der Waals surface area (Å²) in [6, 6.07) is 0.532. The molecule has 2 fully saturated rings. The Labute approximate surface area is 78.0 Å². The normalized spacial score (nSPS) is 32.0. The number of nitrogens with two attached hydrogens (primary N) is 1. The molecule has 68 valence electrons. The first-order valence-electron chi connectivity index (χ1n) is 4.77. The van der Waals surface area contributed by atoms with Crippen molar-refractivity contribution < 1.29 is 0 Å². The summed E-state index contributed by atoms with van der Waals surface area (Å²) >= 11 is 2.01. The molecule has 1 saturated carbocycles. The molecule has 1 aliphatic heterocycles. The highest BCUT2D eigenvalue weighted by Gasteiger charge is 2.26. The van der Waals surface area contributed by atoms with Crippen LogP contribution in [0.4, 0.5) is 0 Å². The lowest BCUT2D eigenvalue weighted by atomic mass is 10.2. The zero-order valence-corrected chi connectivity index (χ0v) is 8.15. The van der Waals surface area contributed by atoms with Crippen LogP contribution in [0.2, 0.25) is 0 Å². The SMILES string of the molecule is NC(=NC1CCCSC1)C1CC1. The van der Waals surface area contributed by atoms with Crippen LogP contribution < -0.4 is 5.73 Å². The van der Waals surface area contributed by atoms with E-state index in [-0.39, 0.29) is 0 Å². The Bertz CT molecular complexity index is 181. The van der Waals surface area contributed by atoms with Gasteiger partial charge < -0.3 is 5.73 Å². The average molecular weight is 184 g/mol. The Balaban J connectivity index is 1.85. The summed E-state index contributed by atoms with van der Waals surface area (Å²) in [6.45, 7) is 0. The molecule has 3 heteroatoms. The van der Waals surface area contributed by atoms with Crippen LogP contribution in [0, 0.1) is 5.92 Å². The Kier molecular flexibility index (Phi) is 2.59. The Morgan fingerprint density at radius 2 is 2.17 bits per heavy atom. The van der Waals surface area contributed by atoms with Crippen molar-refractivity contribution in [3.63, 3.8) is 0 Å².